The van der Waals surface area contributed by atoms with Gasteiger partial charge in [0.05, 0.1) is 0 Å². The molecule has 1 amide bonds. The molecular formula is C19H20N4O4S2. The van der Waals surface area contributed by atoms with Crippen LogP contribution in [0, 0.1) is 0 Å². The van der Waals surface area contributed by atoms with Gasteiger partial charge in [0, 0.05) is 49.4 Å². The molecule has 1 aromatic carbocycles. The maximum atomic E-state index is 12.7. The molecule has 0 unspecified atom stereocenters. The van der Waals surface area contributed by atoms with Crippen molar-refractivity contribution in [3.8, 4) is 10.6 Å². The Labute approximate surface area is 172 Å². The summed E-state index contributed by atoms with van der Waals surface area (Å²) in [5, 5.41) is 0.722. The molecule has 4 rings (SSSR count). The zero-order valence-electron chi connectivity index (χ0n) is 15.5. The van der Waals surface area contributed by atoms with Crippen LogP contribution in [0.4, 0.5) is 0 Å². The van der Waals surface area contributed by atoms with Crippen molar-refractivity contribution in [3.63, 3.8) is 0 Å². The van der Waals surface area contributed by atoms with Crippen LogP contribution in [0.2, 0.25) is 0 Å². The topological polar surface area (TPSA) is 110 Å². The molecule has 29 heavy (non-hydrogen) atoms. The molecule has 1 aliphatic heterocycles. The average Bonchev–Trinajstić information content (AvgIpc) is 3.39. The third-order valence-corrected chi connectivity index (χ3v) is 7.51. The number of aromatic nitrogens is 1. The SMILES string of the molecule is NC(=O)c1ccc(S(=O)(=O)N2CCN(Cc3cnc(-c4ccccc4)s3)CC2)o1. The van der Waals surface area contributed by atoms with Crippen LogP contribution in [0.15, 0.2) is 58.2 Å². The summed E-state index contributed by atoms with van der Waals surface area (Å²) in [4.78, 5) is 19.0. The lowest BCUT2D eigenvalue weighted by Crippen LogP contribution is -2.48. The molecule has 0 bridgehead atoms. The third kappa shape index (κ3) is 4.25. The number of carbonyl (C=O) groups excluding carboxylic acids is 1. The highest BCUT2D eigenvalue weighted by Gasteiger charge is 2.31. The summed E-state index contributed by atoms with van der Waals surface area (Å²) in [6.07, 6.45) is 1.88. The van der Waals surface area contributed by atoms with E-state index in [1.807, 2.05) is 36.5 Å². The number of hydrogen-bond acceptors (Lipinski definition) is 7. The van der Waals surface area contributed by atoms with Gasteiger partial charge in [-0.25, -0.2) is 13.4 Å². The molecule has 0 atom stereocenters. The minimum atomic E-state index is -3.78. The monoisotopic (exact) mass is 432 g/mol. The summed E-state index contributed by atoms with van der Waals surface area (Å²) >= 11 is 1.64. The van der Waals surface area contributed by atoms with Gasteiger partial charge in [-0.2, -0.15) is 4.31 Å². The summed E-state index contributed by atoms with van der Waals surface area (Å²) in [6.45, 7) is 2.62. The molecule has 1 fully saturated rings. The molecule has 3 aromatic rings. The minimum absolute atomic E-state index is 0.165. The van der Waals surface area contributed by atoms with E-state index in [1.54, 1.807) is 11.3 Å². The van der Waals surface area contributed by atoms with Crippen molar-refractivity contribution in [2.75, 3.05) is 26.2 Å². The van der Waals surface area contributed by atoms with Gasteiger partial charge >= 0.3 is 0 Å². The van der Waals surface area contributed by atoms with Crippen molar-refractivity contribution < 1.29 is 17.6 Å². The second kappa shape index (κ2) is 8.07. The van der Waals surface area contributed by atoms with E-state index in [4.69, 9.17) is 10.2 Å². The number of furan rings is 1. The van der Waals surface area contributed by atoms with Crippen LogP contribution in [0.25, 0.3) is 10.6 Å². The Kier molecular flexibility index (Phi) is 5.50. The van der Waals surface area contributed by atoms with Gasteiger partial charge in [-0.05, 0) is 12.1 Å². The standard InChI is InChI=1S/C19H20N4O4S2/c20-18(24)16-6-7-17(27-16)29(25,26)23-10-8-22(9-11-23)13-15-12-21-19(28-15)14-4-2-1-3-5-14/h1-7,12H,8-11,13H2,(H2,20,24). The van der Waals surface area contributed by atoms with E-state index in [2.05, 4.69) is 9.88 Å². The van der Waals surface area contributed by atoms with Crippen LogP contribution in [-0.2, 0) is 16.6 Å². The van der Waals surface area contributed by atoms with Crippen LogP contribution in [0.1, 0.15) is 15.4 Å². The Morgan fingerprint density at radius 3 is 2.48 bits per heavy atom. The van der Waals surface area contributed by atoms with Gasteiger partial charge < -0.3 is 10.2 Å². The van der Waals surface area contributed by atoms with Crippen molar-refractivity contribution >= 4 is 27.3 Å². The molecule has 152 valence electrons. The Bertz CT molecular complexity index is 1100. The molecule has 1 aliphatic rings. The van der Waals surface area contributed by atoms with Crippen molar-refractivity contribution in [1.29, 1.82) is 0 Å². The van der Waals surface area contributed by atoms with Crippen LogP contribution < -0.4 is 5.73 Å². The highest BCUT2D eigenvalue weighted by atomic mass is 32.2. The van der Waals surface area contributed by atoms with E-state index < -0.39 is 15.9 Å². The second-order valence-corrected chi connectivity index (χ2v) is 9.65. The smallest absolute Gasteiger partial charge is 0.284 e. The molecular weight excluding hydrogens is 412 g/mol. The van der Waals surface area contributed by atoms with E-state index in [-0.39, 0.29) is 10.9 Å². The number of rotatable bonds is 6. The summed E-state index contributed by atoms with van der Waals surface area (Å²) in [7, 11) is -3.78. The lowest BCUT2D eigenvalue weighted by atomic mass is 10.2. The quantitative estimate of drug-likeness (QED) is 0.638. The second-order valence-electron chi connectivity index (χ2n) is 6.66. The molecule has 8 nitrogen and oxygen atoms in total. The number of nitrogens with two attached hydrogens (primary N) is 1. The van der Waals surface area contributed by atoms with Crippen LogP contribution in [0.3, 0.4) is 0 Å². The van der Waals surface area contributed by atoms with E-state index in [0.29, 0.717) is 26.2 Å². The largest absolute Gasteiger partial charge is 0.438 e. The molecule has 3 heterocycles. The molecule has 2 aromatic heterocycles. The molecule has 0 aliphatic carbocycles. The average molecular weight is 433 g/mol. The number of nitrogens with zero attached hydrogens (tertiary/aromatic N) is 3. The lowest BCUT2D eigenvalue weighted by molar-refractivity contribution is 0.0968. The number of sulfonamides is 1. The van der Waals surface area contributed by atoms with Crippen LogP contribution in [0.5, 0.6) is 0 Å². The molecule has 10 heteroatoms. The molecule has 0 radical (unpaired) electrons. The van der Waals surface area contributed by atoms with E-state index >= 15 is 0 Å². The van der Waals surface area contributed by atoms with Crippen LogP contribution in [-0.4, -0.2) is 54.7 Å². The molecule has 0 spiro atoms. The van der Waals surface area contributed by atoms with E-state index in [0.717, 1.165) is 22.0 Å². The zero-order chi connectivity index (χ0) is 20.4. The number of hydrogen-bond donors (Lipinski definition) is 1. The van der Waals surface area contributed by atoms with Gasteiger partial charge in [-0.15, -0.1) is 11.3 Å². The fourth-order valence-electron chi connectivity index (χ4n) is 3.16. The number of benzene rings is 1. The van der Waals surface area contributed by atoms with E-state index in [9.17, 15) is 13.2 Å². The van der Waals surface area contributed by atoms with Gasteiger partial charge in [0.1, 0.15) is 5.01 Å². The summed E-state index contributed by atoms with van der Waals surface area (Å²) < 4.78 is 31.9. The summed E-state index contributed by atoms with van der Waals surface area (Å²) in [5.41, 5.74) is 6.22. The minimum Gasteiger partial charge on any atom is -0.438 e. The summed E-state index contributed by atoms with van der Waals surface area (Å²) in [6, 6.07) is 12.6. The predicted octanol–water partition coefficient (Wildman–Crippen LogP) is 2.01. The van der Waals surface area contributed by atoms with Crippen LogP contribution >= 0.6 is 11.3 Å². The Morgan fingerprint density at radius 2 is 1.83 bits per heavy atom. The van der Waals surface area contributed by atoms with Gasteiger partial charge in [0.2, 0.25) is 5.09 Å². The molecule has 2 N–H and O–H groups in total. The first-order valence-corrected chi connectivity index (χ1v) is 11.3. The highest BCUT2D eigenvalue weighted by Crippen LogP contribution is 2.26. The maximum Gasteiger partial charge on any atom is 0.284 e. The van der Waals surface area contributed by atoms with Gasteiger partial charge in [-0.3, -0.25) is 9.69 Å². The maximum absolute atomic E-state index is 12.7. The predicted molar refractivity (Wildman–Crippen MR) is 109 cm³/mol. The summed E-state index contributed by atoms with van der Waals surface area (Å²) in [5.74, 6) is -0.961. The Hall–Kier alpha value is -2.53. The third-order valence-electron chi connectivity index (χ3n) is 4.70. The fourth-order valence-corrected chi connectivity index (χ4v) is 5.46. The lowest BCUT2D eigenvalue weighted by Gasteiger charge is -2.33. The fraction of sp³-hybridized carbons (Fsp3) is 0.263. The van der Waals surface area contributed by atoms with Crippen molar-refractivity contribution in [2.45, 2.75) is 11.6 Å². The first kappa shape index (κ1) is 19.8. The number of primary amides is 1. The first-order chi connectivity index (χ1) is 13.9. The van der Waals surface area contributed by atoms with Crippen molar-refractivity contribution in [2.24, 2.45) is 5.73 Å². The highest BCUT2D eigenvalue weighted by molar-refractivity contribution is 7.89. The van der Waals surface area contributed by atoms with Gasteiger partial charge in [-0.1, -0.05) is 30.3 Å². The zero-order valence-corrected chi connectivity index (χ0v) is 17.2. The Morgan fingerprint density at radius 1 is 1.10 bits per heavy atom. The molecule has 1 saturated heterocycles. The number of carbonyl (C=O) groups is 1. The normalized spacial score (nSPS) is 16.1. The number of amides is 1. The molecule has 0 saturated carbocycles. The number of piperazine rings is 1. The van der Waals surface area contributed by atoms with Crippen molar-refractivity contribution in [1.82, 2.24) is 14.2 Å². The van der Waals surface area contributed by atoms with E-state index in [1.165, 1.54) is 16.4 Å². The number of thiazole rings is 1. The van der Waals surface area contributed by atoms with Gasteiger partial charge in [0.25, 0.3) is 15.9 Å². The first-order valence-electron chi connectivity index (χ1n) is 9.06. The van der Waals surface area contributed by atoms with Crippen molar-refractivity contribution in [3.05, 3.63) is 59.3 Å². The Balaban J connectivity index is 1.37. The van der Waals surface area contributed by atoms with Gasteiger partial charge in [0.15, 0.2) is 5.76 Å².